The molecule has 1 aromatic carbocycles. The van der Waals surface area contributed by atoms with Crippen molar-refractivity contribution in [3.05, 3.63) is 51.6 Å². The van der Waals surface area contributed by atoms with Gasteiger partial charge in [-0.15, -0.1) is 0 Å². The van der Waals surface area contributed by atoms with Crippen LogP contribution in [0.25, 0.3) is 0 Å². The van der Waals surface area contributed by atoms with E-state index in [2.05, 4.69) is 5.10 Å². The Morgan fingerprint density at radius 1 is 1.45 bits per heavy atom. The van der Waals surface area contributed by atoms with Crippen LogP contribution < -0.4 is 0 Å². The van der Waals surface area contributed by atoms with Crippen LogP contribution in [0.4, 0.5) is 4.39 Å². The van der Waals surface area contributed by atoms with Crippen LogP contribution in [0.15, 0.2) is 18.2 Å². The summed E-state index contributed by atoms with van der Waals surface area (Å²) in [6.45, 7) is 3.95. The van der Waals surface area contributed by atoms with E-state index in [-0.39, 0.29) is 11.4 Å². The Hall–Kier alpha value is -1.88. The van der Waals surface area contributed by atoms with Gasteiger partial charge in [-0.05, 0) is 31.5 Å². The molecule has 0 radical (unpaired) electrons. The number of carbonyl (C=O) groups is 1. The lowest BCUT2D eigenvalue weighted by Crippen LogP contribution is -2.06. The standard InChI is InChI=1S/C14H14ClFN2O2/c1-8-11(6-14(19)20)9(2)18(17-8)7-10-3-4-12(15)13(16)5-10/h3-5H,6-7H2,1-2H3,(H,19,20). The van der Waals surface area contributed by atoms with E-state index in [4.69, 9.17) is 16.7 Å². The molecule has 0 saturated carbocycles. The van der Waals surface area contributed by atoms with Gasteiger partial charge in [-0.25, -0.2) is 4.39 Å². The van der Waals surface area contributed by atoms with Crippen molar-refractivity contribution in [2.45, 2.75) is 26.8 Å². The van der Waals surface area contributed by atoms with Crippen LogP contribution in [-0.4, -0.2) is 20.9 Å². The average Bonchev–Trinajstić information content (AvgIpc) is 2.61. The fourth-order valence-corrected chi connectivity index (χ4v) is 2.22. The normalized spacial score (nSPS) is 10.8. The number of hydrogen-bond donors (Lipinski definition) is 1. The highest BCUT2D eigenvalue weighted by Crippen LogP contribution is 2.19. The number of aromatic nitrogens is 2. The predicted octanol–water partition coefficient (Wildman–Crippen LogP) is 2.97. The first-order valence-electron chi connectivity index (χ1n) is 6.07. The minimum atomic E-state index is -0.895. The monoisotopic (exact) mass is 296 g/mol. The van der Waals surface area contributed by atoms with E-state index in [0.29, 0.717) is 17.8 Å². The molecule has 6 heteroatoms. The molecular weight excluding hydrogens is 283 g/mol. The maximum atomic E-state index is 13.4. The number of halogens is 2. The van der Waals surface area contributed by atoms with Gasteiger partial charge in [-0.3, -0.25) is 9.48 Å². The van der Waals surface area contributed by atoms with Crippen LogP contribution in [-0.2, 0) is 17.8 Å². The van der Waals surface area contributed by atoms with Crippen LogP contribution in [0.2, 0.25) is 5.02 Å². The molecule has 106 valence electrons. The molecule has 1 heterocycles. The largest absolute Gasteiger partial charge is 0.481 e. The number of carboxylic acids is 1. The molecule has 0 spiro atoms. The molecule has 0 bridgehead atoms. The van der Waals surface area contributed by atoms with Crippen molar-refractivity contribution in [2.24, 2.45) is 0 Å². The van der Waals surface area contributed by atoms with Crippen LogP contribution in [0, 0.1) is 19.7 Å². The van der Waals surface area contributed by atoms with E-state index in [1.165, 1.54) is 12.1 Å². The highest BCUT2D eigenvalue weighted by Gasteiger charge is 2.14. The smallest absolute Gasteiger partial charge is 0.307 e. The summed E-state index contributed by atoms with van der Waals surface area (Å²) in [7, 11) is 0. The molecule has 1 N–H and O–H groups in total. The second-order valence-corrected chi connectivity index (χ2v) is 5.03. The third-order valence-corrected chi connectivity index (χ3v) is 3.48. The molecule has 0 amide bonds. The quantitative estimate of drug-likeness (QED) is 0.943. The number of aryl methyl sites for hydroxylation is 1. The number of aliphatic carboxylic acids is 1. The van der Waals surface area contributed by atoms with Crippen molar-refractivity contribution in [3.8, 4) is 0 Å². The lowest BCUT2D eigenvalue weighted by atomic mass is 10.1. The minimum Gasteiger partial charge on any atom is -0.481 e. The zero-order valence-electron chi connectivity index (χ0n) is 11.2. The topological polar surface area (TPSA) is 55.1 Å². The lowest BCUT2D eigenvalue weighted by Gasteiger charge is -2.06. The predicted molar refractivity (Wildman–Crippen MR) is 73.6 cm³/mol. The Morgan fingerprint density at radius 3 is 2.75 bits per heavy atom. The summed E-state index contributed by atoms with van der Waals surface area (Å²) >= 11 is 5.64. The van der Waals surface area contributed by atoms with Gasteiger partial charge in [-0.1, -0.05) is 17.7 Å². The van der Waals surface area contributed by atoms with Crippen LogP contribution in [0.3, 0.4) is 0 Å². The number of carboxylic acid groups (broad SMARTS) is 1. The van der Waals surface area contributed by atoms with Crippen molar-refractivity contribution < 1.29 is 14.3 Å². The van der Waals surface area contributed by atoms with Gasteiger partial charge in [0.2, 0.25) is 0 Å². The van der Waals surface area contributed by atoms with Gasteiger partial charge < -0.3 is 5.11 Å². The van der Waals surface area contributed by atoms with Gasteiger partial charge in [0, 0.05) is 11.3 Å². The van der Waals surface area contributed by atoms with Crippen molar-refractivity contribution in [3.63, 3.8) is 0 Å². The summed E-state index contributed by atoms with van der Waals surface area (Å²) in [6.07, 6.45) is -0.0629. The van der Waals surface area contributed by atoms with Gasteiger partial charge >= 0.3 is 5.97 Å². The summed E-state index contributed by atoms with van der Waals surface area (Å²) in [5.74, 6) is -1.37. The second-order valence-electron chi connectivity index (χ2n) is 4.63. The minimum absolute atomic E-state index is 0.0629. The second kappa shape index (κ2) is 5.63. The highest BCUT2D eigenvalue weighted by molar-refractivity contribution is 6.30. The molecule has 0 unspecified atom stereocenters. The maximum absolute atomic E-state index is 13.4. The first-order valence-corrected chi connectivity index (χ1v) is 6.45. The third-order valence-electron chi connectivity index (χ3n) is 3.18. The Morgan fingerprint density at radius 2 is 2.15 bits per heavy atom. The Labute approximate surface area is 120 Å². The zero-order chi connectivity index (χ0) is 14.9. The van der Waals surface area contributed by atoms with Crippen LogP contribution in [0.1, 0.15) is 22.5 Å². The third kappa shape index (κ3) is 2.99. The SMILES string of the molecule is Cc1nn(Cc2ccc(Cl)c(F)c2)c(C)c1CC(=O)O. The lowest BCUT2D eigenvalue weighted by molar-refractivity contribution is -0.136. The van der Waals surface area contributed by atoms with E-state index in [0.717, 1.165) is 11.3 Å². The fraction of sp³-hybridized carbons (Fsp3) is 0.286. The molecule has 0 atom stereocenters. The maximum Gasteiger partial charge on any atom is 0.307 e. The van der Waals surface area contributed by atoms with E-state index < -0.39 is 11.8 Å². The van der Waals surface area contributed by atoms with Crippen LogP contribution >= 0.6 is 11.6 Å². The summed E-state index contributed by atoms with van der Waals surface area (Å²) < 4.78 is 15.1. The number of rotatable bonds is 4. The number of nitrogens with zero attached hydrogens (tertiary/aromatic N) is 2. The van der Waals surface area contributed by atoms with Gasteiger partial charge in [0.25, 0.3) is 0 Å². The van der Waals surface area contributed by atoms with Crippen molar-refractivity contribution in [1.82, 2.24) is 9.78 Å². The average molecular weight is 297 g/mol. The van der Waals surface area contributed by atoms with Gasteiger partial charge in [0.15, 0.2) is 0 Å². The highest BCUT2D eigenvalue weighted by atomic mass is 35.5. The molecule has 0 aliphatic heterocycles. The summed E-state index contributed by atoms with van der Waals surface area (Å²) in [5.41, 5.74) is 2.88. The first kappa shape index (κ1) is 14.5. The molecular formula is C14H14ClFN2O2. The van der Waals surface area contributed by atoms with Crippen molar-refractivity contribution in [2.75, 3.05) is 0 Å². The molecule has 1 aromatic heterocycles. The Balaban J connectivity index is 2.29. The molecule has 2 rings (SSSR count). The van der Waals surface area contributed by atoms with Gasteiger partial charge in [0.05, 0.1) is 23.7 Å². The Bertz CT molecular complexity index is 667. The van der Waals surface area contributed by atoms with E-state index in [1.54, 1.807) is 17.7 Å². The number of benzene rings is 1. The van der Waals surface area contributed by atoms with E-state index in [9.17, 15) is 9.18 Å². The molecule has 2 aromatic rings. The fourth-order valence-electron chi connectivity index (χ4n) is 2.11. The summed E-state index contributed by atoms with van der Waals surface area (Å²) in [5, 5.41) is 13.3. The molecule has 20 heavy (non-hydrogen) atoms. The molecule has 0 aliphatic carbocycles. The first-order chi connectivity index (χ1) is 9.38. The van der Waals surface area contributed by atoms with Crippen molar-refractivity contribution >= 4 is 17.6 Å². The molecule has 0 aliphatic rings. The van der Waals surface area contributed by atoms with E-state index in [1.807, 2.05) is 6.92 Å². The summed E-state index contributed by atoms with van der Waals surface area (Å²) in [6, 6.07) is 4.57. The van der Waals surface area contributed by atoms with Gasteiger partial charge in [-0.2, -0.15) is 5.10 Å². The van der Waals surface area contributed by atoms with Crippen LogP contribution in [0.5, 0.6) is 0 Å². The number of hydrogen-bond acceptors (Lipinski definition) is 2. The molecule has 4 nitrogen and oxygen atoms in total. The molecule has 0 saturated heterocycles. The Kier molecular flexibility index (Phi) is 4.09. The van der Waals surface area contributed by atoms with Crippen molar-refractivity contribution in [1.29, 1.82) is 0 Å². The van der Waals surface area contributed by atoms with E-state index >= 15 is 0 Å². The van der Waals surface area contributed by atoms with Gasteiger partial charge in [0.1, 0.15) is 5.82 Å². The summed E-state index contributed by atoms with van der Waals surface area (Å²) in [4.78, 5) is 10.8. The zero-order valence-corrected chi connectivity index (χ0v) is 11.9. The molecule has 0 fully saturated rings.